The molecule has 1 N–H and O–H groups in total. The van der Waals surface area contributed by atoms with E-state index >= 15 is 0 Å². The first-order valence-electron chi connectivity index (χ1n) is 7.27. The minimum atomic E-state index is 0.319. The molecule has 1 aliphatic rings. The first-order chi connectivity index (χ1) is 8.74. The minimum Gasteiger partial charge on any atom is -0.491 e. The standard InChI is InChI=1S/C16H25NO/c1-4-6-12(3)18-14-8-9-15-13(11-14)7-10-16(15)17-5-2/h8-9,11-12,16-17H,4-7,10H2,1-3H3. The summed E-state index contributed by atoms with van der Waals surface area (Å²) in [5.74, 6) is 1.03. The quantitative estimate of drug-likeness (QED) is 0.824. The topological polar surface area (TPSA) is 21.3 Å². The van der Waals surface area contributed by atoms with E-state index in [2.05, 4.69) is 44.3 Å². The van der Waals surface area contributed by atoms with Crippen molar-refractivity contribution in [1.82, 2.24) is 5.32 Å². The van der Waals surface area contributed by atoms with Crippen LogP contribution in [0.3, 0.4) is 0 Å². The maximum Gasteiger partial charge on any atom is 0.119 e. The Morgan fingerprint density at radius 1 is 1.39 bits per heavy atom. The van der Waals surface area contributed by atoms with Gasteiger partial charge in [-0.2, -0.15) is 0 Å². The van der Waals surface area contributed by atoms with E-state index in [4.69, 9.17) is 4.74 Å². The molecule has 2 rings (SSSR count). The Bertz CT molecular complexity index is 389. The first-order valence-corrected chi connectivity index (χ1v) is 7.27. The lowest BCUT2D eigenvalue weighted by Crippen LogP contribution is -2.18. The average molecular weight is 247 g/mol. The van der Waals surface area contributed by atoms with Crippen molar-refractivity contribution in [2.24, 2.45) is 0 Å². The van der Waals surface area contributed by atoms with Gasteiger partial charge in [-0.15, -0.1) is 0 Å². The Morgan fingerprint density at radius 3 is 2.94 bits per heavy atom. The summed E-state index contributed by atoms with van der Waals surface area (Å²) in [6.07, 6.45) is 5.01. The molecule has 2 unspecified atom stereocenters. The van der Waals surface area contributed by atoms with Gasteiger partial charge >= 0.3 is 0 Å². The van der Waals surface area contributed by atoms with E-state index in [1.165, 1.54) is 30.4 Å². The van der Waals surface area contributed by atoms with Crippen LogP contribution in [0, 0.1) is 0 Å². The molecule has 1 aromatic rings. The molecule has 0 heterocycles. The molecule has 1 aliphatic carbocycles. The van der Waals surface area contributed by atoms with Crippen molar-refractivity contribution in [3.8, 4) is 5.75 Å². The van der Waals surface area contributed by atoms with Crippen molar-refractivity contribution < 1.29 is 4.74 Å². The molecule has 2 atom stereocenters. The van der Waals surface area contributed by atoms with Gasteiger partial charge in [0, 0.05) is 6.04 Å². The highest BCUT2D eigenvalue weighted by atomic mass is 16.5. The SMILES string of the molecule is CCCC(C)Oc1ccc2c(c1)CCC2NCC. The summed E-state index contributed by atoms with van der Waals surface area (Å²) >= 11 is 0. The smallest absolute Gasteiger partial charge is 0.119 e. The molecule has 2 heteroatoms. The number of fused-ring (bicyclic) bond motifs is 1. The number of hydrogen-bond donors (Lipinski definition) is 1. The maximum absolute atomic E-state index is 5.95. The van der Waals surface area contributed by atoms with Crippen molar-refractivity contribution in [1.29, 1.82) is 0 Å². The molecule has 100 valence electrons. The summed E-state index contributed by atoms with van der Waals surface area (Å²) in [6.45, 7) is 7.56. The second-order valence-corrected chi connectivity index (χ2v) is 5.23. The van der Waals surface area contributed by atoms with Crippen LogP contribution in [0.25, 0.3) is 0 Å². The number of benzene rings is 1. The molecule has 0 aliphatic heterocycles. The highest BCUT2D eigenvalue weighted by Gasteiger charge is 2.21. The summed E-state index contributed by atoms with van der Waals surface area (Å²) in [5, 5.41) is 3.54. The molecule has 0 aromatic heterocycles. The molecule has 0 saturated carbocycles. The van der Waals surface area contributed by atoms with Crippen LogP contribution in [-0.4, -0.2) is 12.6 Å². The van der Waals surface area contributed by atoms with Gasteiger partial charge in [-0.05, 0) is 56.0 Å². The van der Waals surface area contributed by atoms with Crippen molar-refractivity contribution in [3.05, 3.63) is 29.3 Å². The molecular formula is C16H25NO. The van der Waals surface area contributed by atoms with E-state index in [1.54, 1.807) is 0 Å². The lowest BCUT2D eigenvalue weighted by molar-refractivity contribution is 0.210. The van der Waals surface area contributed by atoms with Crippen LogP contribution in [0.15, 0.2) is 18.2 Å². The van der Waals surface area contributed by atoms with Crippen molar-refractivity contribution in [3.63, 3.8) is 0 Å². The molecule has 0 amide bonds. The van der Waals surface area contributed by atoms with Gasteiger partial charge in [0.25, 0.3) is 0 Å². The fourth-order valence-electron chi connectivity index (χ4n) is 2.82. The van der Waals surface area contributed by atoms with Gasteiger partial charge in [-0.1, -0.05) is 26.3 Å². The Kier molecular flexibility index (Phi) is 4.65. The summed E-state index contributed by atoms with van der Waals surface area (Å²) in [6, 6.07) is 7.15. The lowest BCUT2D eigenvalue weighted by Gasteiger charge is -2.16. The van der Waals surface area contributed by atoms with Gasteiger partial charge in [0.15, 0.2) is 0 Å². The van der Waals surface area contributed by atoms with Gasteiger partial charge in [-0.25, -0.2) is 0 Å². The number of nitrogens with one attached hydrogen (secondary N) is 1. The number of rotatable bonds is 6. The van der Waals surface area contributed by atoms with E-state index in [-0.39, 0.29) is 0 Å². The Labute approximate surface area is 111 Å². The number of hydrogen-bond acceptors (Lipinski definition) is 2. The summed E-state index contributed by atoms with van der Waals surface area (Å²) in [5.41, 5.74) is 2.93. The normalized spacial score (nSPS) is 19.6. The third-order valence-corrected chi connectivity index (χ3v) is 3.68. The minimum absolute atomic E-state index is 0.319. The predicted molar refractivity (Wildman–Crippen MR) is 76.2 cm³/mol. The van der Waals surface area contributed by atoms with Gasteiger partial charge < -0.3 is 10.1 Å². The highest BCUT2D eigenvalue weighted by molar-refractivity contribution is 5.40. The molecule has 0 saturated heterocycles. The second-order valence-electron chi connectivity index (χ2n) is 5.23. The third-order valence-electron chi connectivity index (χ3n) is 3.68. The maximum atomic E-state index is 5.95. The molecule has 0 radical (unpaired) electrons. The monoisotopic (exact) mass is 247 g/mol. The fraction of sp³-hybridized carbons (Fsp3) is 0.625. The summed E-state index contributed by atoms with van der Waals surface area (Å²) in [7, 11) is 0. The molecule has 1 aromatic carbocycles. The van der Waals surface area contributed by atoms with E-state index in [0.717, 1.165) is 18.7 Å². The zero-order valence-corrected chi connectivity index (χ0v) is 11.8. The average Bonchev–Trinajstić information content (AvgIpc) is 2.73. The van der Waals surface area contributed by atoms with E-state index in [0.29, 0.717) is 12.1 Å². The van der Waals surface area contributed by atoms with Crippen LogP contribution in [0.2, 0.25) is 0 Å². The first kappa shape index (κ1) is 13.4. The van der Waals surface area contributed by atoms with Crippen LogP contribution in [0.1, 0.15) is 57.2 Å². The zero-order chi connectivity index (χ0) is 13.0. The molecule has 0 fully saturated rings. The van der Waals surface area contributed by atoms with E-state index in [9.17, 15) is 0 Å². The Hall–Kier alpha value is -1.02. The van der Waals surface area contributed by atoms with Gasteiger partial charge in [0.2, 0.25) is 0 Å². The zero-order valence-electron chi connectivity index (χ0n) is 11.8. The third kappa shape index (κ3) is 3.05. The van der Waals surface area contributed by atoms with Crippen LogP contribution in [0.4, 0.5) is 0 Å². The van der Waals surface area contributed by atoms with E-state index in [1.807, 2.05) is 0 Å². The lowest BCUT2D eigenvalue weighted by atomic mass is 10.1. The fourth-order valence-corrected chi connectivity index (χ4v) is 2.82. The second kappa shape index (κ2) is 6.24. The molecule has 18 heavy (non-hydrogen) atoms. The van der Waals surface area contributed by atoms with Crippen molar-refractivity contribution in [2.75, 3.05) is 6.54 Å². The molecular weight excluding hydrogens is 222 g/mol. The van der Waals surface area contributed by atoms with Crippen LogP contribution < -0.4 is 10.1 Å². The van der Waals surface area contributed by atoms with Gasteiger partial charge in [0.1, 0.15) is 5.75 Å². The highest BCUT2D eigenvalue weighted by Crippen LogP contribution is 2.33. The van der Waals surface area contributed by atoms with Gasteiger partial charge in [0.05, 0.1) is 6.10 Å². The number of aryl methyl sites for hydroxylation is 1. The van der Waals surface area contributed by atoms with Crippen LogP contribution >= 0.6 is 0 Å². The van der Waals surface area contributed by atoms with Crippen LogP contribution in [0.5, 0.6) is 5.75 Å². The Morgan fingerprint density at radius 2 is 2.22 bits per heavy atom. The van der Waals surface area contributed by atoms with E-state index < -0.39 is 0 Å². The molecule has 2 nitrogen and oxygen atoms in total. The Balaban J connectivity index is 2.05. The number of ether oxygens (including phenoxy) is 1. The van der Waals surface area contributed by atoms with Crippen molar-refractivity contribution >= 4 is 0 Å². The predicted octanol–water partition coefficient (Wildman–Crippen LogP) is 3.85. The van der Waals surface area contributed by atoms with Crippen LogP contribution in [-0.2, 0) is 6.42 Å². The van der Waals surface area contributed by atoms with Gasteiger partial charge in [-0.3, -0.25) is 0 Å². The summed E-state index contributed by atoms with van der Waals surface area (Å²) in [4.78, 5) is 0. The largest absolute Gasteiger partial charge is 0.491 e. The molecule has 0 spiro atoms. The molecule has 0 bridgehead atoms. The van der Waals surface area contributed by atoms with Crippen molar-refractivity contribution in [2.45, 2.75) is 58.6 Å². The summed E-state index contributed by atoms with van der Waals surface area (Å²) < 4.78 is 5.95.